The SMILES string of the molecule is CNc1ccc(-c2nc3cc[nH]c(=O)c3cc2-c2ccccc2)cn1. The normalized spacial score (nSPS) is 10.8. The molecule has 0 atom stereocenters. The maximum absolute atomic E-state index is 12.2. The summed E-state index contributed by atoms with van der Waals surface area (Å²) in [5.74, 6) is 0.794. The average Bonchev–Trinajstić information content (AvgIpc) is 2.68. The van der Waals surface area contributed by atoms with E-state index in [1.165, 1.54) is 0 Å². The van der Waals surface area contributed by atoms with Gasteiger partial charge in [0.05, 0.1) is 16.6 Å². The number of rotatable bonds is 3. The van der Waals surface area contributed by atoms with Gasteiger partial charge in [0.1, 0.15) is 5.82 Å². The third kappa shape index (κ3) is 2.76. The Bertz CT molecular complexity index is 1090. The molecular formula is C20H16N4O. The molecular weight excluding hydrogens is 312 g/mol. The summed E-state index contributed by atoms with van der Waals surface area (Å²) >= 11 is 0. The highest BCUT2D eigenvalue weighted by molar-refractivity contribution is 5.91. The Balaban J connectivity index is 2.02. The molecule has 0 bridgehead atoms. The Morgan fingerprint density at radius 3 is 2.56 bits per heavy atom. The van der Waals surface area contributed by atoms with Crippen molar-refractivity contribution in [1.29, 1.82) is 0 Å². The Morgan fingerprint density at radius 2 is 1.84 bits per heavy atom. The third-order valence-corrected chi connectivity index (χ3v) is 4.13. The summed E-state index contributed by atoms with van der Waals surface area (Å²) in [5, 5.41) is 3.59. The first kappa shape index (κ1) is 15.1. The van der Waals surface area contributed by atoms with Gasteiger partial charge in [-0.2, -0.15) is 0 Å². The summed E-state index contributed by atoms with van der Waals surface area (Å²) in [4.78, 5) is 24.0. The van der Waals surface area contributed by atoms with E-state index in [-0.39, 0.29) is 5.56 Å². The van der Waals surface area contributed by atoms with Gasteiger partial charge >= 0.3 is 0 Å². The Hall–Kier alpha value is -3.47. The van der Waals surface area contributed by atoms with Gasteiger partial charge in [0.2, 0.25) is 0 Å². The van der Waals surface area contributed by atoms with Crippen molar-refractivity contribution in [2.24, 2.45) is 0 Å². The van der Waals surface area contributed by atoms with Crippen LogP contribution in [0.3, 0.4) is 0 Å². The summed E-state index contributed by atoms with van der Waals surface area (Å²) < 4.78 is 0. The minimum Gasteiger partial charge on any atom is -0.373 e. The molecule has 0 aliphatic heterocycles. The molecule has 0 radical (unpaired) electrons. The summed E-state index contributed by atoms with van der Waals surface area (Å²) in [6.45, 7) is 0. The highest BCUT2D eigenvalue weighted by Gasteiger charge is 2.13. The highest BCUT2D eigenvalue weighted by Crippen LogP contribution is 2.32. The first-order valence-electron chi connectivity index (χ1n) is 7.98. The monoisotopic (exact) mass is 328 g/mol. The smallest absolute Gasteiger partial charge is 0.257 e. The van der Waals surface area contributed by atoms with Crippen molar-refractivity contribution in [2.45, 2.75) is 0 Å². The molecule has 0 aliphatic carbocycles. The lowest BCUT2D eigenvalue weighted by atomic mass is 9.98. The van der Waals surface area contributed by atoms with Crippen molar-refractivity contribution in [3.05, 3.63) is 77.3 Å². The van der Waals surface area contributed by atoms with Crippen molar-refractivity contribution < 1.29 is 0 Å². The van der Waals surface area contributed by atoms with Gasteiger partial charge in [-0.1, -0.05) is 30.3 Å². The molecule has 3 aromatic heterocycles. The second kappa shape index (κ2) is 6.20. The van der Waals surface area contributed by atoms with Crippen LogP contribution in [-0.4, -0.2) is 22.0 Å². The van der Waals surface area contributed by atoms with E-state index in [0.717, 1.165) is 28.2 Å². The Kier molecular flexibility index (Phi) is 3.74. The summed E-state index contributed by atoms with van der Waals surface area (Å²) in [6, 6.07) is 17.5. The lowest BCUT2D eigenvalue weighted by Crippen LogP contribution is -2.06. The van der Waals surface area contributed by atoms with Crippen LogP contribution in [0.4, 0.5) is 5.82 Å². The molecule has 0 spiro atoms. The number of aromatic nitrogens is 3. The molecule has 0 unspecified atom stereocenters. The van der Waals surface area contributed by atoms with Crippen LogP contribution in [-0.2, 0) is 0 Å². The number of H-pyrrole nitrogens is 1. The summed E-state index contributed by atoms with van der Waals surface area (Å²) in [7, 11) is 1.83. The third-order valence-electron chi connectivity index (χ3n) is 4.13. The fourth-order valence-electron chi connectivity index (χ4n) is 2.85. The molecule has 122 valence electrons. The first-order valence-corrected chi connectivity index (χ1v) is 7.98. The number of anilines is 1. The summed E-state index contributed by atoms with van der Waals surface area (Å²) in [5.41, 5.74) is 4.14. The molecule has 0 fully saturated rings. The second-order valence-electron chi connectivity index (χ2n) is 5.67. The summed E-state index contributed by atoms with van der Waals surface area (Å²) in [6.07, 6.45) is 3.41. The molecule has 5 heteroatoms. The van der Waals surface area contributed by atoms with Gasteiger partial charge in [-0.25, -0.2) is 9.97 Å². The van der Waals surface area contributed by atoms with Crippen molar-refractivity contribution in [2.75, 3.05) is 12.4 Å². The lowest BCUT2D eigenvalue weighted by molar-refractivity contribution is 1.25. The predicted octanol–water partition coefficient (Wildman–Crippen LogP) is 3.69. The topological polar surface area (TPSA) is 70.7 Å². The largest absolute Gasteiger partial charge is 0.373 e. The molecule has 5 nitrogen and oxygen atoms in total. The van der Waals surface area contributed by atoms with Crippen molar-refractivity contribution >= 4 is 16.7 Å². The van der Waals surface area contributed by atoms with E-state index in [4.69, 9.17) is 4.98 Å². The fourth-order valence-corrected chi connectivity index (χ4v) is 2.85. The highest BCUT2D eigenvalue weighted by atomic mass is 16.1. The molecule has 4 rings (SSSR count). The van der Waals surface area contributed by atoms with Crippen molar-refractivity contribution in [3.8, 4) is 22.4 Å². The van der Waals surface area contributed by atoms with E-state index in [1.54, 1.807) is 12.4 Å². The number of nitrogens with zero attached hydrogens (tertiary/aromatic N) is 2. The van der Waals surface area contributed by atoms with Gasteiger partial charge in [-0.15, -0.1) is 0 Å². The maximum atomic E-state index is 12.2. The molecule has 0 saturated heterocycles. The average molecular weight is 328 g/mol. The van der Waals surface area contributed by atoms with Crippen LogP contribution in [0.5, 0.6) is 0 Å². The van der Waals surface area contributed by atoms with E-state index in [0.29, 0.717) is 10.9 Å². The van der Waals surface area contributed by atoms with Crippen LogP contribution in [0.25, 0.3) is 33.3 Å². The van der Waals surface area contributed by atoms with E-state index < -0.39 is 0 Å². The minimum atomic E-state index is -0.141. The molecule has 3 heterocycles. The second-order valence-corrected chi connectivity index (χ2v) is 5.67. The van der Waals surface area contributed by atoms with Crippen molar-refractivity contribution in [3.63, 3.8) is 0 Å². The quantitative estimate of drug-likeness (QED) is 0.602. The molecule has 4 aromatic rings. The Morgan fingerprint density at radius 1 is 1.00 bits per heavy atom. The number of pyridine rings is 3. The van der Waals surface area contributed by atoms with Crippen LogP contribution in [0.2, 0.25) is 0 Å². The molecule has 0 saturated carbocycles. The van der Waals surface area contributed by atoms with Crippen molar-refractivity contribution in [1.82, 2.24) is 15.0 Å². The zero-order valence-corrected chi connectivity index (χ0v) is 13.7. The van der Waals surface area contributed by atoms with Gasteiger partial charge in [0, 0.05) is 30.6 Å². The number of nitrogens with one attached hydrogen (secondary N) is 2. The Labute approximate surface area is 144 Å². The van der Waals surface area contributed by atoms with Crippen LogP contribution >= 0.6 is 0 Å². The first-order chi connectivity index (χ1) is 12.3. The van der Waals surface area contributed by atoms with Gasteiger partial charge in [-0.05, 0) is 29.8 Å². The van der Waals surface area contributed by atoms with Gasteiger partial charge in [0.15, 0.2) is 0 Å². The van der Waals surface area contributed by atoms with Crippen LogP contribution in [0.1, 0.15) is 0 Å². The van der Waals surface area contributed by atoms with Crippen LogP contribution in [0.15, 0.2) is 71.8 Å². The zero-order valence-electron chi connectivity index (χ0n) is 13.7. The molecule has 25 heavy (non-hydrogen) atoms. The molecule has 1 aromatic carbocycles. The number of fused-ring (bicyclic) bond motifs is 1. The van der Waals surface area contributed by atoms with E-state index >= 15 is 0 Å². The molecule has 0 amide bonds. The number of hydrogen-bond donors (Lipinski definition) is 2. The zero-order chi connectivity index (χ0) is 17.2. The minimum absolute atomic E-state index is 0.141. The van der Waals surface area contributed by atoms with E-state index in [9.17, 15) is 4.79 Å². The van der Waals surface area contributed by atoms with Gasteiger partial charge in [0.25, 0.3) is 5.56 Å². The fraction of sp³-hybridized carbons (Fsp3) is 0.0500. The van der Waals surface area contributed by atoms with Gasteiger partial charge in [-0.3, -0.25) is 4.79 Å². The van der Waals surface area contributed by atoms with Gasteiger partial charge < -0.3 is 10.3 Å². The number of aromatic amines is 1. The lowest BCUT2D eigenvalue weighted by Gasteiger charge is -2.11. The van der Waals surface area contributed by atoms with Crippen LogP contribution < -0.4 is 10.9 Å². The van der Waals surface area contributed by atoms with Crippen LogP contribution in [0, 0.1) is 0 Å². The van der Waals surface area contributed by atoms with E-state index in [2.05, 4.69) is 15.3 Å². The number of benzene rings is 1. The standard InChI is InChI=1S/C20H16N4O/c1-21-18-8-7-14(12-23-18)19-15(13-5-3-2-4-6-13)11-16-17(24-19)9-10-22-20(16)25/h2-12H,1H3,(H,21,23)(H,22,25). The molecule has 2 N–H and O–H groups in total. The maximum Gasteiger partial charge on any atom is 0.257 e. The predicted molar refractivity (Wildman–Crippen MR) is 101 cm³/mol. The molecule has 0 aliphatic rings. The number of hydrogen-bond acceptors (Lipinski definition) is 4. The van der Waals surface area contributed by atoms with E-state index in [1.807, 2.05) is 61.6 Å².